The van der Waals surface area contributed by atoms with E-state index in [0.29, 0.717) is 25.8 Å². The summed E-state index contributed by atoms with van der Waals surface area (Å²) < 4.78 is 0. The van der Waals surface area contributed by atoms with Gasteiger partial charge < -0.3 is 26.0 Å². The molecule has 0 aliphatic carbocycles. The van der Waals surface area contributed by atoms with Crippen LogP contribution in [0.5, 0.6) is 0 Å². The van der Waals surface area contributed by atoms with Gasteiger partial charge in [-0.1, -0.05) is 34.6 Å². The van der Waals surface area contributed by atoms with Crippen molar-refractivity contribution in [1.82, 2.24) is 10.2 Å². The number of hydrogen-bond donors (Lipinski definition) is 4. The minimum absolute atomic E-state index is 0. The van der Waals surface area contributed by atoms with Crippen molar-refractivity contribution in [2.24, 2.45) is 17.6 Å². The van der Waals surface area contributed by atoms with Crippen molar-refractivity contribution in [3.8, 4) is 0 Å². The SMILES string of the molecule is CCC(NC(=O)[C@H](CC(C)C)N1CCC(N)(C(C)C)C1=O)B(O)O.Cl. The third-order valence-corrected chi connectivity index (χ3v) is 4.96. The van der Waals surface area contributed by atoms with Gasteiger partial charge in [-0.25, -0.2) is 0 Å². The molecule has 0 aromatic heterocycles. The first-order chi connectivity index (χ1) is 11.0. The molecule has 0 aromatic carbocycles. The van der Waals surface area contributed by atoms with E-state index in [0.717, 1.165) is 0 Å². The number of carbonyl (C=O) groups is 2. The van der Waals surface area contributed by atoms with E-state index in [-0.39, 0.29) is 36.1 Å². The van der Waals surface area contributed by atoms with E-state index in [4.69, 9.17) is 5.73 Å². The number of nitrogens with zero attached hydrogens (tertiary/aromatic N) is 1. The predicted octanol–water partition coefficient (Wildman–Crippen LogP) is 0.316. The lowest BCUT2D eigenvalue weighted by Gasteiger charge is -2.32. The second-order valence-corrected chi connectivity index (χ2v) is 7.53. The fourth-order valence-electron chi connectivity index (χ4n) is 3.10. The van der Waals surface area contributed by atoms with E-state index in [9.17, 15) is 19.6 Å². The monoisotopic (exact) mass is 377 g/mol. The Balaban J connectivity index is 0.00000576. The summed E-state index contributed by atoms with van der Waals surface area (Å²) in [5, 5.41) is 21.3. The largest absolute Gasteiger partial charge is 0.475 e. The number of likely N-dealkylation sites (tertiary alicyclic amines) is 1. The Morgan fingerprint density at radius 1 is 1.36 bits per heavy atom. The van der Waals surface area contributed by atoms with E-state index in [1.54, 1.807) is 11.8 Å². The van der Waals surface area contributed by atoms with Crippen LogP contribution in [0.3, 0.4) is 0 Å². The molecule has 5 N–H and O–H groups in total. The zero-order valence-corrected chi connectivity index (χ0v) is 16.7. The Morgan fingerprint density at radius 3 is 2.28 bits per heavy atom. The lowest BCUT2D eigenvalue weighted by molar-refractivity contribution is -0.141. The summed E-state index contributed by atoms with van der Waals surface area (Å²) in [5.41, 5.74) is 5.34. The van der Waals surface area contributed by atoms with Crippen molar-refractivity contribution in [2.75, 3.05) is 6.54 Å². The average molecular weight is 378 g/mol. The Hall–Kier alpha value is -0.825. The van der Waals surface area contributed by atoms with Gasteiger partial charge in [-0.2, -0.15) is 0 Å². The molecule has 0 bridgehead atoms. The lowest BCUT2D eigenvalue weighted by atomic mass is 9.77. The van der Waals surface area contributed by atoms with Crippen LogP contribution in [0.4, 0.5) is 0 Å². The highest BCUT2D eigenvalue weighted by atomic mass is 35.5. The van der Waals surface area contributed by atoms with Gasteiger partial charge in [0, 0.05) is 6.54 Å². The van der Waals surface area contributed by atoms with Crippen LogP contribution in [0.25, 0.3) is 0 Å². The molecule has 9 heteroatoms. The molecule has 1 fully saturated rings. The number of halogens is 1. The van der Waals surface area contributed by atoms with Crippen molar-refractivity contribution in [1.29, 1.82) is 0 Å². The molecular formula is C16H33BClN3O4. The van der Waals surface area contributed by atoms with Crippen LogP contribution in [0.1, 0.15) is 53.9 Å². The summed E-state index contributed by atoms with van der Waals surface area (Å²) in [6.45, 7) is 9.99. The first kappa shape index (κ1) is 24.2. The molecule has 1 saturated heterocycles. The molecule has 25 heavy (non-hydrogen) atoms. The Bertz CT molecular complexity index is 465. The first-order valence-corrected chi connectivity index (χ1v) is 8.81. The van der Waals surface area contributed by atoms with Gasteiger partial charge in [0.05, 0.1) is 11.5 Å². The number of nitrogens with one attached hydrogen (secondary N) is 1. The van der Waals surface area contributed by atoms with Crippen LogP contribution in [-0.2, 0) is 9.59 Å². The standard InChI is InChI=1S/C16H32BN3O4.ClH/c1-6-13(17(23)24)19-14(21)12(9-10(2)3)20-8-7-16(18,11(4)5)15(20)22;/h10-13,23-24H,6-9,18H2,1-5H3,(H,19,21);1H/t12-,13?,16?;/m0./s1. The number of carbonyl (C=O) groups excluding carboxylic acids is 2. The normalized spacial score (nSPS) is 22.8. The molecule has 1 aliphatic heterocycles. The van der Waals surface area contributed by atoms with E-state index < -0.39 is 24.6 Å². The highest BCUT2D eigenvalue weighted by Gasteiger charge is 2.49. The molecule has 2 unspecified atom stereocenters. The Labute approximate surface area is 157 Å². The third-order valence-electron chi connectivity index (χ3n) is 4.96. The maximum Gasteiger partial charge on any atom is 0.475 e. The minimum Gasteiger partial charge on any atom is -0.426 e. The Morgan fingerprint density at radius 2 is 1.92 bits per heavy atom. The highest BCUT2D eigenvalue weighted by molar-refractivity contribution is 6.43. The maximum atomic E-state index is 12.8. The average Bonchev–Trinajstić information content (AvgIpc) is 2.79. The third kappa shape index (κ3) is 5.57. The molecule has 0 saturated carbocycles. The zero-order valence-electron chi connectivity index (χ0n) is 15.9. The van der Waals surface area contributed by atoms with Gasteiger partial charge in [0.15, 0.2) is 0 Å². The van der Waals surface area contributed by atoms with Crippen molar-refractivity contribution in [3.05, 3.63) is 0 Å². The van der Waals surface area contributed by atoms with Gasteiger partial charge in [0.2, 0.25) is 11.8 Å². The van der Waals surface area contributed by atoms with Crippen LogP contribution in [0.2, 0.25) is 0 Å². The molecule has 0 spiro atoms. The molecule has 7 nitrogen and oxygen atoms in total. The van der Waals surface area contributed by atoms with Crippen molar-refractivity contribution in [2.45, 2.75) is 71.4 Å². The fourth-order valence-corrected chi connectivity index (χ4v) is 3.10. The number of nitrogens with two attached hydrogens (primary N) is 1. The molecule has 1 aliphatic rings. The van der Waals surface area contributed by atoms with Crippen molar-refractivity contribution >= 4 is 31.3 Å². The van der Waals surface area contributed by atoms with Gasteiger partial charge in [-0.05, 0) is 31.1 Å². The van der Waals surface area contributed by atoms with Gasteiger partial charge >= 0.3 is 7.12 Å². The molecular weight excluding hydrogens is 344 g/mol. The first-order valence-electron chi connectivity index (χ1n) is 8.81. The second kappa shape index (κ2) is 9.76. The van der Waals surface area contributed by atoms with E-state index in [2.05, 4.69) is 5.32 Å². The summed E-state index contributed by atoms with van der Waals surface area (Å²) in [7, 11) is -1.63. The summed E-state index contributed by atoms with van der Waals surface area (Å²) in [5.74, 6) is -1.11. The van der Waals surface area contributed by atoms with Gasteiger partial charge in [-0.15, -0.1) is 12.4 Å². The molecule has 2 amide bonds. The molecule has 0 radical (unpaired) electrons. The summed E-state index contributed by atoms with van der Waals surface area (Å²) >= 11 is 0. The molecule has 1 rings (SSSR count). The smallest absolute Gasteiger partial charge is 0.426 e. The molecule has 146 valence electrons. The Kier molecular flexibility index (Phi) is 9.44. The lowest BCUT2D eigenvalue weighted by Crippen LogP contribution is -2.58. The summed E-state index contributed by atoms with van der Waals surface area (Å²) in [6, 6.07) is -0.644. The van der Waals surface area contributed by atoms with E-state index in [1.807, 2.05) is 27.7 Å². The van der Waals surface area contributed by atoms with Crippen molar-refractivity contribution in [3.63, 3.8) is 0 Å². The van der Waals surface area contributed by atoms with Crippen LogP contribution in [-0.4, -0.2) is 57.9 Å². The highest BCUT2D eigenvalue weighted by Crippen LogP contribution is 2.30. The molecule has 3 atom stereocenters. The van der Waals surface area contributed by atoms with Crippen LogP contribution < -0.4 is 11.1 Å². The zero-order chi connectivity index (χ0) is 18.7. The van der Waals surface area contributed by atoms with Gasteiger partial charge in [0.25, 0.3) is 0 Å². The molecule has 0 aromatic rings. The molecule has 1 heterocycles. The van der Waals surface area contributed by atoms with Crippen LogP contribution in [0.15, 0.2) is 0 Å². The maximum absolute atomic E-state index is 12.8. The number of hydrogen-bond acceptors (Lipinski definition) is 5. The number of amides is 2. The topological polar surface area (TPSA) is 116 Å². The van der Waals surface area contributed by atoms with Crippen LogP contribution >= 0.6 is 12.4 Å². The van der Waals surface area contributed by atoms with Crippen LogP contribution in [0, 0.1) is 11.8 Å². The predicted molar refractivity (Wildman–Crippen MR) is 101 cm³/mol. The second-order valence-electron chi connectivity index (χ2n) is 7.53. The number of rotatable bonds is 8. The summed E-state index contributed by atoms with van der Waals surface area (Å²) in [4.78, 5) is 27.1. The van der Waals surface area contributed by atoms with E-state index >= 15 is 0 Å². The minimum atomic E-state index is -1.63. The van der Waals surface area contributed by atoms with Gasteiger partial charge in [0.1, 0.15) is 6.04 Å². The summed E-state index contributed by atoms with van der Waals surface area (Å²) in [6.07, 6.45) is 1.41. The quantitative estimate of drug-likeness (QED) is 0.454. The fraction of sp³-hybridized carbons (Fsp3) is 0.875. The van der Waals surface area contributed by atoms with Crippen molar-refractivity contribution < 1.29 is 19.6 Å². The van der Waals surface area contributed by atoms with E-state index in [1.165, 1.54) is 0 Å². The van der Waals surface area contributed by atoms with Gasteiger partial charge in [-0.3, -0.25) is 9.59 Å².